The molecule has 8 heteroatoms. The van der Waals surface area contributed by atoms with Crippen LogP contribution in [-0.4, -0.2) is 39.1 Å². The molecule has 2 aromatic heterocycles. The lowest BCUT2D eigenvalue weighted by Crippen LogP contribution is -2.40. The molecule has 100 valence electrons. The number of aromatic nitrogens is 4. The molecule has 0 saturated carbocycles. The summed E-state index contributed by atoms with van der Waals surface area (Å²) in [6, 6.07) is 0.329. The molecule has 0 amide bonds. The van der Waals surface area contributed by atoms with Crippen LogP contribution in [0.15, 0.2) is 12.7 Å². The molecule has 18 heavy (non-hydrogen) atoms. The van der Waals surface area contributed by atoms with E-state index in [1.54, 1.807) is 12.7 Å². The number of fused-ring (bicyclic) bond motifs is 1. The zero-order valence-electron chi connectivity index (χ0n) is 9.74. The second-order valence-corrected chi connectivity index (χ2v) is 4.12. The number of nitrogens with one attached hydrogen (secondary N) is 1. The minimum Gasteiger partial charge on any atom is -0.355 e. The third kappa shape index (κ3) is 2.66. The first-order valence-electron chi connectivity index (χ1n) is 5.49. The van der Waals surface area contributed by atoms with Gasteiger partial charge in [0.15, 0.2) is 11.5 Å². The van der Waals surface area contributed by atoms with Gasteiger partial charge in [-0.15, -0.1) is 24.8 Å². The molecule has 0 atom stereocenters. The van der Waals surface area contributed by atoms with Crippen LogP contribution in [0.1, 0.15) is 12.8 Å². The minimum absolute atomic E-state index is 0. The molecular weight excluding hydrogens is 275 g/mol. The molecule has 0 bridgehead atoms. The summed E-state index contributed by atoms with van der Waals surface area (Å²) in [6.45, 7) is 1.90. The first-order chi connectivity index (χ1) is 7.84. The summed E-state index contributed by atoms with van der Waals surface area (Å²) < 4.78 is 0. The van der Waals surface area contributed by atoms with E-state index in [0.717, 1.165) is 42.9 Å². The molecule has 3 N–H and O–H groups in total. The molecule has 6 nitrogen and oxygen atoms in total. The summed E-state index contributed by atoms with van der Waals surface area (Å²) in [5, 5.41) is 0. The van der Waals surface area contributed by atoms with Gasteiger partial charge in [0, 0.05) is 19.1 Å². The van der Waals surface area contributed by atoms with Crippen molar-refractivity contribution in [2.24, 2.45) is 5.73 Å². The first-order valence-corrected chi connectivity index (χ1v) is 5.49. The van der Waals surface area contributed by atoms with Crippen LogP contribution < -0.4 is 10.6 Å². The number of nitrogens with two attached hydrogens (primary N) is 1. The van der Waals surface area contributed by atoms with E-state index in [1.807, 2.05) is 0 Å². The number of nitrogens with zero attached hydrogens (tertiary/aromatic N) is 4. The summed E-state index contributed by atoms with van der Waals surface area (Å²) in [7, 11) is 0. The van der Waals surface area contributed by atoms with E-state index in [9.17, 15) is 0 Å². The molecule has 0 spiro atoms. The molecule has 2 aromatic rings. The molecular formula is C10H16Cl2N6. The number of anilines is 1. The maximum Gasteiger partial charge on any atom is 0.182 e. The lowest BCUT2D eigenvalue weighted by molar-refractivity contribution is 0.499. The van der Waals surface area contributed by atoms with Gasteiger partial charge in [0.1, 0.15) is 11.8 Å². The van der Waals surface area contributed by atoms with Gasteiger partial charge >= 0.3 is 0 Å². The van der Waals surface area contributed by atoms with Crippen LogP contribution in [0.5, 0.6) is 0 Å². The van der Waals surface area contributed by atoms with Crippen LogP contribution in [0.4, 0.5) is 5.82 Å². The first kappa shape index (κ1) is 14.9. The Labute approximate surface area is 117 Å². The topological polar surface area (TPSA) is 83.7 Å². The number of halogens is 2. The molecule has 1 aliphatic heterocycles. The number of aromatic amines is 1. The number of rotatable bonds is 1. The molecule has 3 rings (SSSR count). The Morgan fingerprint density at radius 3 is 2.61 bits per heavy atom. The normalized spacial score (nSPS) is 16.2. The lowest BCUT2D eigenvalue weighted by Gasteiger charge is -2.30. The third-order valence-corrected chi connectivity index (χ3v) is 3.04. The Morgan fingerprint density at radius 2 is 1.89 bits per heavy atom. The fraction of sp³-hybridized carbons (Fsp3) is 0.500. The number of H-pyrrole nitrogens is 1. The Balaban J connectivity index is 0.000000810. The molecule has 1 aliphatic rings. The quantitative estimate of drug-likeness (QED) is 0.822. The predicted molar refractivity (Wildman–Crippen MR) is 75.6 cm³/mol. The SMILES string of the molecule is Cl.Cl.NC1CCN(c2ncnc3nc[nH]c23)CC1. The van der Waals surface area contributed by atoms with Gasteiger partial charge in [0.05, 0.1) is 6.33 Å². The van der Waals surface area contributed by atoms with Gasteiger partial charge in [-0.1, -0.05) is 0 Å². The van der Waals surface area contributed by atoms with Crippen LogP contribution in [0.25, 0.3) is 11.2 Å². The van der Waals surface area contributed by atoms with Gasteiger partial charge in [-0.3, -0.25) is 0 Å². The molecule has 3 heterocycles. The Hall–Kier alpha value is -1.11. The Bertz CT molecular complexity index is 494. The summed E-state index contributed by atoms with van der Waals surface area (Å²) in [5.41, 5.74) is 7.52. The second kappa shape index (κ2) is 6.17. The van der Waals surface area contributed by atoms with Crippen molar-refractivity contribution in [2.75, 3.05) is 18.0 Å². The van der Waals surface area contributed by atoms with Gasteiger partial charge in [0.25, 0.3) is 0 Å². The van der Waals surface area contributed by atoms with E-state index < -0.39 is 0 Å². The van der Waals surface area contributed by atoms with Crippen LogP contribution >= 0.6 is 24.8 Å². The maximum atomic E-state index is 5.89. The average molecular weight is 291 g/mol. The minimum atomic E-state index is 0. The molecule has 1 saturated heterocycles. The fourth-order valence-corrected chi connectivity index (χ4v) is 2.10. The van der Waals surface area contributed by atoms with Gasteiger partial charge < -0.3 is 15.6 Å². The van der Waals surface area contributed by atoms with Crippen molar-refractivity contribution < 1.29 is 0 Å². The number of piperidine rings is 1. The van der Waals surface area contributed by atoms with Crippen molar-refractivity contribution in [3.8, 4) is 0 Å². The highest BCUT2D eigenvalue weighted by Gasteiger charge is 2.19. The van der Waals surface area contributed by atoms with Crippen molar-refractivity contribution >= 4 is 41.8 Å². The van der Waals surface area contributed by atoms with E-state index in [1.165, 1.54) is 0 Å². The van der Waals surface area contributed by atoms with Crippen LogP contribution in [0, 0.1) is 0 Å². The molecule has 0 aliphatic carbocycles. The molecule has 0 unspecified atom stereocenters. The lowest BCUT2D eigenvalue weighted by atomic mass is 10.1. The van der Waals surface area contributed by atoms with Gasteiger partial charge in [-0.25, -0.2) is 15.0 Å². The number of imidazole rings is 1. The van der Waals surface area contributed by atoms with Crippen molar-refractivity contribution in [1.82, 2.24) is 19.9 Å². The highest BCUT2D eigenvalue weighted by atomic mass is 35.5. The molecule has 0 aromatic carbocycles. The van der Waals surface area contributed by atoms with Crippen LogP contribution in [0.2, 0.25) is 0 Å². The van der Waals surface area contributed by atoms with Gasteiger partial charge in [-0.2, -0.15) is 0 Å². The molecule has 1 fully saturated rings. The van der Waals surface area contributed by atoms with E-state index in [4.69, 9.17) is 5.73 Å². The van der Waals surface area contributed by atoms with E-state index in [0.29, 0.717) is 6.04 Å². The molecule has 0 radical (unpaired) electrons. The van der Waals surface area contributed by atoms with Crippen molar-refractivity contribution in [2.45, 2.75) is 18.9 Å². The highest BCUT2D eigenvalue weighted by Crippen LogP contribution is 2.22. The van der Waals surface area contributed by atoms with E-state index in [2.05, 4.69) is 24.8 Å². The predicted octanol–water partition coefficient (Wildman–Crippen LogP) is 1.12. The zero-order chi connectivity index (χ0) is 11.0. The summed E-state index contributed by atoms with van der Waals surface area (Å²) in [4.78, 5) is 17.9. The van der Waals surface area contributed by atoms with Crippen molar-refractivity contribution in [3.05, 3.63) is 12.7 Å². The second-order valence-electron chi connectivity index (χ2n) is 4.12. The highest BCUT2D eigenvalue weighted by molar-refractivity contribution is 5.85. The maximum absolute atomic E-state index is 5.89. The largest absolute Gasteiger partial charge is 0.355 e. The van der Waals surface area contributed by atoms with Crippen molar-refractivity contribution in [1.29, 1.82) is 0 Å². The van der Waals surface area contributed by atoms with Crippen molar-refractivity contribution in [3.63, 3.8) is 0 Å². The zero-order valence-corrected chi connectivity index (χ0v) is 11.4. The summed E-state index contributed by atoms with van der Waals surface area (Å²) in [5.74, 6) is 0.939. The monoisotopic (exact) mass is 290 g/mol. The Morgan fingerprint density at radius 1 is 1.17 bits per heavy atom. The van der Waals surface area contributed by atoms with Gasteiger partial charge in [0.2, 0.25) is 0 Å². The number of hydrogen-bond donors (Lipinski definition) is 2. The van der Waals surface area contributed by atoms with E-state index in [-0.39, 0.29) is 24.8 Å². The summed E-state index contributed by atoms with van der Waals surface area (Å²) in [6.07, 6.45) is 5.24. The third-order valence-electron chi connectivity index (χ3n) is 3.04. The fourth-order valence-electron chi connectivity index (χ4n) is 2.10. The summed E-state index contributed by atoms with van der Waals surface area (Å²) >= 11 is 0. The smallest absolute Gasteiger partial charge is 0.182 e. The van der Waals surface area contributed by atoms with Crippen LogP contribution in [0.3, 0.4) is 0 Å². The van der Waals surface area contributed by atoms with Crippen LogP contribution in [-0.2, 0) is 0 Å². The number of hydrogen-bond acceptors (Lipinski definition) is 5. The van der Waals surface area contributed by atoms with Gasteiger partial charge in [-0.05, 0) is 12.8 Å². The van der Waals surface area contributed by atoms with E-state index >= 15 is 0 Å². The standard InChI is InChI=1S/C10H14N6.2ClH/c11-7-1-3-16(4-2-7)10-8-9(13-5-12-8)14-6-15-10;;/h5-7H,1-4,11H2,(H,12,13,14,15);2*1H. The average Bonchev–Trinajstić information content (AvgIpc) is 2.78. The Kier molecular flexibility index (Phi) is 5.13.